The molecule has 2 saturated carbocycles. The van der Waals surface area contributed by atoms with Crippen molar-refractivity contribution in [2.24, 2.45) is 11.8 Å². The van der Waals surface area contributed by atoms with E-state index >= 15 is 0 Å². The first kappa shape index (κ1) is 19.6. The highest BCUT2D eigenvalue weighted by Gasteiger charge is 2.43. The molecule has 0 radical (unpaired) electrons. The van der Waals surface area contributed by atoms with Crippen LogP contribution in [0.15, 0.2) is 42.6 Å². The molecule has 1 aromatic heterocycles. The number of ether oxygens (including phenoxy) is 1. The number of halogens is 1. The van der Waals surface area contributed by atoms with E-state index in [1.807, 2.05) is 24.3 Å². The van der Waals surface area contributed by atoms with E-state index < -0.39 is 6.10 Å². The predicted molar refractivity (Wildman–Crippen MR) is 115 cm³/mol. The number of aliphatic hydroxyl groups excluding tert-OH is 1. The fourth-order valence-corrected chi connectivity index (χ4v) is 4.83. The van der Waals surface area contributed by atoms with E-state index in [1.54, 1.807) is 18.3 Å². The minimum absolute atomic E-state index is 0.0248. The molecule has 30 heavy (non-hydrogen) atoms. The van der Waals surface area contributed by atoms with Gasteiger partial charge in [0.05, 0.1) is 6.10 Å². The van der Waals surface area contributed by atoms with E-state index in [0.717, 1.165) is 38.2 Å². The Labute approximate surface area is 181 Å². The molecule has 1 saturated heterocycles. The van der Waals surface area contributed by atoms with Gasteiger partial charge in [0, 0.05) is 35.9 Å². The molecule has 1 aromatic carbocycles. The number of carbonyl (C=O) groups excluding carboxylic acids is 1. The summed E-state index contributed by atoms with van der Waals surface area (Å²) in [6, 6.07) is 11.3. The highest BCUT2D eigenvalue weighted by Crippen LogP contribution is 2.39. The highest BCUT2D eigenvalue weighted by molar-refractivity contribution is 6.30. The number of aromatic nitrogens is 1. The zero-order valence-electron chi connectivity index (χ0n) is 16.7. The van der Waals surface area contributed by atoms with Crippen LogP contribution in [0.2, 0.25) is 5.02 Å². The molecule has 2 heterocycles. The van der Waals surface area contributed by atoms with Crippen molar-refractivity contribution >= 4 is 23.3 Å². The van der Waals surface area contributed by atoms with Crippen LogP contribution in [-0.4, -0.2) is 47.3 Å². The van der Waals surface area contributed by atoms with Crippen molar-refractivity contribution in [1.29, 1.82) is 0 Å². The van der Waals surface area contributed by atoms with Crippen LogP contribution in [0.5, 0.6) is 5.75 Å². The summed E-state index contributed by atoms with van der Waals surface area (Å²) < 4.78 is 6.07. The van der Waals surface area contributed by atoms with Gasteiger partial charge in [-0.15, -0.1) is 0 Å². The molecule has 0 unspecified atom stereocenters. The summed E-state index contributed by atoms with van der Waals surface area (Å²) in [4.78, 5) is 19.1. The molecule has 5 rings (SSSR count). The summed E-state index contributed by atoms with van der Waals surface area (Å²) in [7, 11) is 0. The van der Waals surface area contributed by atoms with Gasteiger partial charge in [-0.2, -0.15) is 0 Å². The molecule has 3 fully saturated rings. The second kappa shape index (κ2) is 8.08. The van der Waals surface area contributed by atoms with Crippen LogP contribution in [0.4, 0.5) is 5.82 Å². The Balaban J connectivity index is 1.25. The molecule has 6 nitrogen and oxygen atoms in total. The van der Waals surface area contributed by atoms with Crippen molar-refractivity contribution in [1.82, 2.24) is 10.3 Å². The van der Waals surface area contributed by atoms with Crippen molar-refractivity contribution in [2.45, 2.75) is 43.9 Å². The Morgan fingerprint density at radius 3 is 2.73 bits per heavy atom. The fraction of sp³-hybridized carbons (Fsp3) is 0.478. The lowest BCUT2D eigenvalue weighted by atomic mass is 9.78. The first-order chi connectivity index (χ1) is 14.5. The van der Waals surface area contributed by atoms with Gasteiger partial charge in [-0.25, -0.2) is 4.98 Å². The van der Waals surface area contributed by atoms with Gasteiger partial charge in [-0.3, -0.25) is 4.79 Å². The Kier molecular flexibility index (Phi) is 5.29. The quantitative estimate of drug-likeness (QED) is 0.765. The molecule has 7 heteroatoms. The van der Waals surface area contributed by atoms with Crippen molar-refractivity contribution in [3.05, 3.63) is 53.2 Å². The Morgan fingerprint density at radius 1 is 1.17 bits per heavy atom. The monoisotopic (exact) mass is 427 g/mol. The minimum atomic E-state index is -0.506. The van der Waals surface area contributed by atoms with Crippen LogP contribution in [0.3, 0.4) is 0 Å². The van der Waals surface area contributed by atoms with Crippen molar-refractivity contribution in [3.8, 4) is 5.75 Å². The van der Waals surface area contributed by atoms with Crippen LogP contribution in [0.1, 0.15) is 36.0 Å². The highest BCUT2D eigenvalue weighted by atomic mass is 35.5. The van der Waals surface area contributed by atoms with Crippen LogP contribution in [0, 0.1) is 11.8 Å². The van der Waals surface area contributed by atoms with Gasteiger partial charge < -0.3 is 20.1 Å². The first-order valence-corrected chi connectivity index (χ1v) is 11.0. The van der Waals surface area contributed by atoms with Gasteiger partial charge in [0.1, 0.15) is 17.7 Å². The fourth-order valence-electron chi connectivity index (χ4n) is 4.65. The molecule has 0 spiro atoms. The number of rotatable bonds is 5. The average Bonchev–Trinajstić information content (AvgIpc) is 3.45. The van der Waals surface area contributed by atoms with Gasteiger partial charge in [0.25, 0.3) is 5.91 Å². The second-order valence-corrected chi connectivity index (χ2v) is 9.16. The van der Waals surface area contributed by atoms with Crippen LogP contribution >= 0.6 is 11.6 Å². The van der Waals surface area contributed by atoms with E-state index in [-0.39, 0.29) is 12.0 Å². The van der Waals surface area contributed by atoms with E-state index in [2.05, 4.69) is 15.2 Å². The summed E-state index contributed by atoms with van der Waals surface area (Å²) in [5.41, 5.74) is 0.656. The molecule has 2 N–H and O–H groups in total. The molecule has 1 amide bonds. The summed E-state index contributed by atoms with van der Waals surface area (Å²) in [5.74, 6) is 2.31. The molecular formula is C23H26ClN3O3. The number of pyridine rings is 1. The molecule has 2 aromatic rings. The number of amides is 1. The lowest BCUT2D eigenvalue weighted by Gasteiger charge is -2.35. The summed E-state index contributed by atoms with van der Waals surface area (Å²) in [6.45, 7) is 1.69. The van der Waals surface area contributed by atoms with Crippen molar-refractivity contribution in [2.75, 3.05) is 18.0 Å². The maximum absolute atomic E-state index is 12.4. The normalized spacial score (nSPS) is 28.1. The van der Waals surface area contributed by atoms with Crippen LogP contribution < -0.4 is 15.0 Å². The molecule has 3 aliphatic rings. The summed E-state index contributed by atoms with van der Waals surface area (Å²) in [6.07, 6.45) is 4.59. The first-order valence-electron chi connectivity index (χ1n) is 10.7. The Hall–Kier alpha value is -2.31. The zero-order valence-corrected chi connectivity index (χ0v) is 17.5. The number of fused-ring (bicyclic) bond motifs is 1. The molecule has 1 aliphatic heterocycles. The topological polar surface area (TPSA) is 74.7 Å². The number of hydrogen-bond donors (Lipinski definition) is 2. The molecule has 4 atom stereocenters. The van der Waals surface area contributed by atoms with Crippen molar-refractivity contribution < 1.29 is 14.6 Å². The zero-order chi connectivity index (χ0) is 20.7. The van der Waals surface area contributed by atoms with Crippen LogP contribution in [0.25, 0.3) is 0 Å². The van der Waals surface area contributed by atoms with E-state index in [9.17, 15) is 9.90 Å². The number of nitrogens with zero attached hydrogens (tertiary/aromatic N) is 2. The molecule has 0 bridgehead atoms. The van der Waals surface area contributed by atoms with Crippen molar-refractivity contribution in [3.63, 3.8) is 0 Å². The number of hydrogen-bond acceptors (Lipinski definition) is 5. The average molecular weight is 428 g/mol. The lowest BCUT2D eigenvalue weighted by molar-refractivity contribution is -0.0231. The maximum atomic E-state index is 12.4. The van der Waals surface area contributed by atoms with Gasteiger partial charge in [0.15, 0.2) is 0 Å². The van der Waals surface area contributed by atoms with Gasteiger partial charge in [-0.05, 0) is 67.9 Å². The minimum Gasteiger partial charge on any atom is -0.488 e. The van der Waals surface area contributed by atoms with E-state index in [1.165, 1.54) is 0 Å². The number of aliphatic hydroxyl groups is 1. The standard InChI is InChI=1S/C23H26ClN3O3/c24-17-2-1-3-19(11-17)30-21-9-16-13-27(12-15(16)8-20(21)28)22-10-14(6-7-25-22)23(29)26-18-4-5-18/h1-3,6-7,10-11,15-16,18,20-21,28H,4-5,8-9,12-13H2,(H,26,29)/t15-,16+,20+,21+/m0/s1. The van der Waals surface area contributed by atoms with Crippen LogP contribution in [-0.2, 0) is 0 Å². The Morgan fingerprint density at radius 2 is 1.97 bits per heavy atom. The summed E-state index contributed by atoms with van der Waals surface area (Å²) in [5, 5.41) is 14.3. The second-order valence-electron chi connectivity index (χ2n) is 8.73. The Bertz CT molecular complexity index is 935. The van der Waals surface area contributed by atoms with E-state index in [0.29, 0.717) is 40.6 Å². The predicted octanol–water partition coefficient (Wildman–Crippen LogP) is 3.28. The largest absolute Gasteiger partial charge is 0.488 e. The third-order valence-corrected chi connectivity index (χ3v) is 6.65. The summed E-state index contributed by atoms with van der Waals surface area (Å²) >= 11 is 6.06. The maximum Gasteiger partial charge on any atom is 0.251 e. The van der Waals surface area contributed by atoms with E-state index in [4.69, 9.17) is 16.3 Å². The van der Waals surface area contributed by atoms with Gasteiger partial charge in [-0.1, -0.05) is 17.7 Å². The number of nitrogens with one attached hydrogen (secondary N) is 1. The third-order valence-electron chi connectivity index (χ3n) is 6.41. The third kappa shape index (κ3) is 4.25. The number of carbonyl (C=O) groups is 1. The molecule has 158 valence electrons. The SMILES string of the molecule is O=C(NC1CC1)c1ccnc(N2C[C@H]3C[C@@H](Oc4cccc(Cl)c4)[C@H](O)C[C@H]3C2)c1. The number of anilines is 1. The van der Waals surface area contributed by atoms with Gasteiger partial charge in [0.2, 0.25) is 0 Å². The lowest BCUT2D eigenvalue weighted by Crippen LogP contribution is -2.42. The number of benzene rings is 1. The molecular weight excluding hydrogens is 402 g/mol. The van der Waals surface area contributed by atoms with Gasteiger partial charge >= 0.3 is 0 Å². The molecule has 2 aliphatic carbocycles. The smallest absolute Gasteiger partial charge is 0.251 e.